The van der Waals surface area contributed by atoms with E-state index in [-0.39, 0.29) is 11.9 Å². The molecule has 0 bridgehead atoms. The predicted octanol–water partition coefficient (Wildman–Crippen LogP) is 1.95. The number of hydrogen-bond acceptors (Lipinski definition) is 5. The Morgan fingerprint density at radius 2 is 2.05 bits per heavy atom. The first-order chi connectivity index (χ1) is 10.1. The fourth-order valence-electron chi connectivity index (χ4n) is 3.55. The second-order valence-electron chi connectivity index (χ2n) is 5.79. The SMILES string of the molecule is CCOC(=O)C1CC2CC(C#N)CCC2CN1C(=O)OC. The molecule has 0 N–H and O–H groups in total. The first-order valence-corrected chi connectivity index (χ1v) is 7.51. The van der Waals surface area contributed by atoms with Crippen LogP contribution >= 0.6 is 0 Å². The zero-order chi connectivity index (χ0) is 15.4. The van der Waals surface area contributed by atoms with Crippen LogP contribution in [0, 0.1) is 29.1 Å². The topological polar surface area (TPSA) is 79.6 Å². The van der Waals surface area contributed by atoms with E-state index in [4.69, 9.17) is 14.7 Å². The molecule has 6 heteroatoms. The number of nitrogens with zero attached hydrogens (tertiary/aromatic N) is 2. The number of nitriles is 1. The highest BCUT2D eigenvalue weighted by Gasteiger charge is 2.44. The molecule has 0 radical (unpaired) electrons. The van der Waals surface area contributed by atoms with Gasteiger partial charge in [-0.15, -0.1) is 0 Å². The first kappa shape index (κ1) is 15.6. The highest BCUT2D eigenvalue weighted by Crippen LogP contribution is 2.41. The lowest BCUT2D eigenvalue weighted by molar-refractivity contribution is -0.152. The summed E-state index contributed by atoms with van der Waals surface area (Å²) < 4.78 is 9.88. The zero-order valence-corrected chi connectivity index (χ0v) is 12.6. The van der Waals surface area contributed by atoms with E-state index >= 15 is 0 Å². The molecular formula is C15H22N2O4. The Morgan fingerprint density at radius 3 is 2.67 bits per heavy atom. The maximum absolute atomic E-state index is 12.1. The summed E-state index contributed by atoms with van der Waals surface area (Å²) in [6.07, 6.45) is 2.69. The van der Waals surface area contributed by atoms with Gasteiger partial charge in [-0.1, -0.05) is 0 Å². The van der Waals surface area contributed by atoms with E-state index < -0.39 is 12.1 Å². The molecule has 4 atom stereocenters. The van der Waals surface area contributed by atoms with Crippen molar-refractivity contribution >= 4 is 12.1 Å². The summed E-state index contributed by atoms with van der Waals surface area (Å²) in [4.78, 5) is 25.5. The van der Waals surface area contributed by atoms with Crippen LogP contribution in [-0.2, 0) is 14.3 Å². The second-order valence-corrected chi connectivity index (χ2v) is 5.79. The third kappa shape index (κ3) is 3.29. The molecule has 2 fully saturated rings. The molecule has 6 nitrogen and oxygen atoms in total. The minimum atomic E-state index is -0.587. The standard InChI is InChI=1S/C15H22N2O4/c1-3-21-14(18)13-7-12-6-10(8-16)4-5-11(12)9-17(13)15(19)20-2/h10-13H,3-7,9H2,1-2H3. The van der Waals surface area contributed by atoms with Gasteiger partial charge in [0, 0.05) is 12.5 Å². The lowest BCUT2D eigenvalue weighted by atomic mass is 9.69. The third-order valence-corrected chi connectivity index (χ3v) is 4.62. The second kappa shape index (κ2) is 6.79. The Balaban J connectivity index is 2.14. The Labute approximate surface area is 125 Å². The van der Waals surface area contributed by atoms with Crippen LogP contribution in [0.3, 0.4) is 0 Å². The van der Waals surface area contributed by atoms with Gasteiger partial charge in [0.1, 0.15) is 6.04 Å². The molecule has 1 amide bonds. The fraction of sp³-hybridized carbons (Fsp3) is 0.800. The molecule has 1 saturated carbocycles. The summed E-state index contributed by atoms with van der Waals surface area (Å²) in [6, 6.07) is 1.74. The number of piperidine rings is 1. The van der Waals surface area contributed by atoms with Gasteiger partial charge in [-0.05, 0) is 44.4 Å². The highest BCUT2D eigenvalue weighted by atomic mass is 16.6. The van der Waals surface area contributed by atoms with Gasteiger partial charge >= 0.3 is 12.1 Å². The number of ether oxygens (including phenoxy) is 2. The Hall–Kier alpha value is -1.77. The number of likely N-dealkylation sites (tertiary alicyclic amines) is 1. The molecule has 0 aromatic carbocycles. The molecule has 116 valence electrons. The molecule has 0 spiro atoms. The van der Waals surface area contributed by atoms with Crippen LogP contribution < -0.4 is 0 Å². The van der Waals surface area contributed by atoms with Crippen molar-refractivity contribution in [2.75, 3.05) is 20.3 Å². The summed E-state index contributed by atoms with van der Waals surface area (Å²) in [5, 5.41) is 9.09. The minimum Gasteiger partial charge on any atom is -0.464 e. The van der Waals surface area contributed by atoms with E-state index in [1.807, 2.05) is 0 Å². The van der Waals surface area contributed by atoms with Crippen molar-refractivity contribution < 1.29 is 19.1 Å². The number of methoxy groups -OCH3 is 1. The van der Waals surface area contributed by atoms with Crippen LogP contribution in [0.1, 0.15) is 32.6 Å². The number of amides is 1. The van der Waals surface area contributed by atoms with E-state index in [1.54, 1.807) is 6.92 Å². The smallest absolute Gasteiger partial charge is 0.410 e. The fourth-order valence-corrected chi connectivity index (χ4v) is 3.55. The van der Waals surface area contributed by atoms with E-state index in [9.17, 15) is 9.59 Å². The molecule has 2 rings (SSSR count). The molecule has 4 unspecified atom stereocenters. The lowest BCUT2D eigenvalue weighted by Crippen LogP contribution is -2.55. The summed E-state index contributed by atoms with van der Waals surface area (Å²) in [5.41, 5.74) is 0. The van der Waals surface area contributed by atoms with Gasteiger partial charge in [0.25, 0.3) is 0 Å². The molecule has 1 saturated heterocycles. The number of rotatable bonds is 2. The van der Waals surface area contributed by atoms with Crippen molar-refractivity contribution in [1.29, 1.82) is 5.26 Å². The average molecular weight is 294 g/mol. The van der Waals surface area contributed by atoms with Crippen molar-refractivity contribution in [3.05, 3.63) is 0 Å². The molecule has 0 aromatic heterocycles. The summed E-state index contributed by atoms with van der Waals surface area (Å²) >= 11 is 0. The Kier molecular flexibility index (Phi) is 5.05. The molecule has 1 heterocycles. The van der Waals surface area contributed by atoms with Gasteiger partial charge in [-0.3, -0.25) is 4.90 Å². The van der Waals surface area contributed by atoms with Crippen molar-refractivity contribution in [3.63, 3.8) is 0 Å². The normalized spacial score (nSPS) is 31.8. The quantitative estimate of drug-likeness (QED) is 0.727. The maximum atomic E-state index is 12.1. The third-order valence-electron chi connectivity index (χ3n) is 4.62. The molecule has 1 aliphatic heterocycles. The Morgan fingerprint density at radius 1 is 1.29 bits per heavy atom. The van der Waals surface area contributed by atoms with Crippen LogP contribution in [0.25, 0.3) is 0 Å². The van der Waals surface area contributed by atoms with Crippen LogP contribution in [0.5, 0.6) is 0 Å². The van der Waals surface area contributed by atoms with Gasteiger partial charge in [0.05, 0.1) is 19.8 Å². The van der Waals surface area contributed by atoms with Gasteiger partial charge in [0.15, 0.2) is 0 Å². The van der Waals surface area contributed by atoms with Crippen LogP contribution in [-0.4, -0.2) is 43.3 Å². The molecule has 0 aromatic rings. The number of carbonyl (C=O) groups is 2. The molecule has 2 aliphatic rings. The van der Waals surface area contributed by atoms with Gasteiger partial charge in [-0.25, -0.2) is 9.59 Å². The van der Waals surface area contributed by atoms with E-state index in [0.717, 1.165) is 19.3 Å². The van der Waals surface area contributed by atoms with Gasteiger partial charge < -0.3 is 9.47 Å². The predicted molar refractivity (Wildman–Crippen MR) is 74.1 cm³/mol. The Bertz CT molecular complexity index is 445. The van der Waals surface area contributed by atoms with Crippen molar-refractivity contribution in [2.24, 2.45) is 17.8 Å². The molecule has 1 aliphatic carbocycles. The number of fused-ring (bicyclic) bond motifs is 1. The van der Waals surface area contributed by atoms with E-state index in [1.165, 1.54) is 12.0 Å². The van der Waals surface area contributed by atoms with Crippen molar-refractivity contribution in [2.45, 2.75) is 38.6 Å². The van der Waals surface area contributed by atoms with Gasteiger partial charge in [-0.2, -0.15) is 5.26 Å². The number of hydrogen-bond donors (Lipinski definition) is 0. The first-order valence-electron chi connectivity index (χ1n) is 7.51. The van der Waals surface area contributed by atoms with Crippen LogP contribution in [0.15, 0.2) is 0 Å². The number of esters is 1. The summed E-state index contributed by atoms with van der Waals surface area (Å²) in [5.74, 6) is 0.345. The summed E-state index contributed by atoms with van der Waals surface area (Å²) in [6.45, 7) is 2.55. The lowest BCUT2D eigenvalue weighted by Gasteiger charge is -2.45. The number of carbonyl (C=O) groups excluding carboxylic acids is 2. The minimum absolute atomic E-state index is 0.0683. The summed E-state index contributed by atoms with van der Waals surface area (Å²) in [7, 11) is 1.32. The van der Waals surface area contributed by atoms with Crippen LogP contribution in [0.4, 0.5) is 4.79 Å². The zero-order valence-electron chi connectivity index (χ0n) is 12.6. The molecule has 21 heavy (non-hydrogen) atoms. The molecular weight excluding hydrogens is 272 g/mol. The average Bonchev–Trinajstić information content (AvgIpc) is 2.52. The van der Waals surface area contributed by atoms with E-state index in [0.29, 0.717) is 31.4 Å². The van der Waals surface area contributed by atoms with Crippen LogP contribution in [0.2, 0.25) is 0 Å². The highest BCUT2D eigenvalue weighted by molar-refractivity contribution is 5.81. The maximum Gasteiger partial charge on any atom is 0.410 e. The van der Waals surface area contributed by atoms with Gasteiger partial charge in [0.2, 0.25) is 0 Å². The van der Waals surface area contributed by atoms with E-state index in [2.05, 4.69) is 6.07 Å². The van der Waals surface area contributed by atoms with Crippen molar-refractivity contribution in [3.8, 4) is 6.07 Å². The largest absolute Gasteiger partial charge is 0.464 e. The van der Waals surface area contributed by atoms with Crippen molar-refractivity contribution in [1.82, 2.24) is 4.90 Å². The monoisotopic (exact) mass is 294 g/mol.